The summed E-state index contributed by atoms with van der Waals surface area (Å²) in [6.45, 7) is -0.681. The molecule has 0 bridgehead atoms. The molecule has 2 aromatic carbocycles. The zero-order chi connectivity index (χ0) is 16.1. The highest BCUT2D eigenvalue weighted by molar-refractivity contribution is 6.30. The minimum atomic E-state index is -0.922. The molecule has 0 heterocycles. The molecule has 22 heavy (non-hydrogen) atoms. The number of carbonyl (C=O) groups is 2. The van der Waals surface area contributed by atoms with Crippen molar-refractivity contribution >= 4 is 29.2 Å². The van der Waals surface area contributed by atoms with Gasteiger partial charge in [0.15, 0.2) is 6.61 Å². The lowest BCUT2D eigenvalue weighted by atomic mass is 10.2. The molecule has 0 spiro atoms. The predicted octanol–water partition coefficient (Wildman–Crippen LogP) is 3.41. The first-order valence-electron chi connectivity index (χ1n) is 6.14. The number of benzene rings is 2. The van der Waals surface area contributed by atoms with E-state index in [0.29, 0.717) is 5.02 Å². The maximum atomic E-state index is 13.3. The Hall–Kier alpha value is -2.47. The van der Waals surface area contributed by atoms with Crippen LogP contribution < -0.4 is 5.32 Å². The monoisotopic (exact) mass is 325 g/mol. The van der Waals surface area contributed by atoms with E-state index in [0.717, 1.165) is 12.1 Å². The van der Waals surface area contributed by atoms with Crippen LogP contribution in [0.3, 0.4) is 0 Å². The van der Waals surface area contributed by atoms with Crippen molar-refractivity contribution < 1.29 is 23.1 Å². The van der Waals surface area contributed by atoms with Crippen LogP contribution in [0, 0.1) is 11.6 Å². The molecule has 0 aliphatic heterocycles. The van der Waals surface area contributed by atoms with Crippen molar-refractivity contribution in [1.82, 2.24) is 0 Å². The van der Waals surface area contributed by atoms with Crippen molar-refractivity contribution in [3.8, 4) is 0 Å². The van der Waals surface area contributed by atoms with Crippen molar-refractivity contribution in [2.45, 2.75) is 0 Å². The van der Waals surface area contributed by atoms with Gasteiger partial charge in [-0.05, 0) is 30.3 Å². The molecule has 0 fully saturated rings. The van der Waals surface area contributed by atoms with E-state index >= 15 is 0 Å². The highest BCUT2D eigenvalue weighted by Crippen LogP contribution is 2.18. The Balaban J connectivity index is 1.94. The van der Waals surface area contributed by atoms with Gasteiger partial charge in [0.1, 0.15) is 17.3 Å². The summed E-state index contributed by atoms with van der Waals surface area (Å²) in [5, 5.41) is 2.34. The smallest absolute Gasteiger partial charge is 0.338 e. The average Bonchev–Trinajstić information content (AvgIpc) is 2.48. The molecule has 0 aromatic heterocycles. The Kier molecular flexibility index (Phi) is 5.06. The van der Waals surface area contributed by atoms with Gasteiger partial charge in [0, 0.05) is 5.02 Å². The van der Waals surface area contributed by atoms with E-state index in [1.54, 1.807) is 12.1 Å². The molecule has 0 atom stereocenters. The van der Waals surface area contributed by atoms with Gasteiger partial charge >= 0.3 is 5.97 Å². The predicted molar refractivity (Wildman–Crippen MR) is 76.7 cm³/mol. The SMILES string of the molecule is O=C(COC(=O)c1cccc(Cl)c1)Nc1c(F)cccc1F. The summed E-state index contributed by atoms with van der Waals surface area (Å²) >= 11 is 5.72. The van der Waals surface area contributed by atoms with Gasteiger partial charge in [-0.25, -0.2) is 13.6 Å². The van der Waals surface area contributed by atoms with E-state index in [4.69, 9.17) is 16.3 Å². The fourth-order valence-corrected chi connectivity index (χ4v) is 1.81. The van der Waals surface area contributed by atoms with Crippen molar-refractivity contribution in [3.05, 3.63) is 64.7 Å². The molecule has 4 nitrogen and oxygen atoms in total. The molecule has 0 aliphatic carbocycles. The van der Waals surface area contributed by atoms with Crippen LogP contribution in [0.5, 0.6) is 0 Å². The summed E-state index contributed by atoms with van der Waals surface area (Å²) < 4.78 is 31.4. The van der Waals surface area contributed by atoms with Gasteiger partial charge in [-0.2, -0.15) is 0 Å². The number of halogens is 3. The van der Waals surface area contributed by atoms with Crippen molar-refractivity contribution in [2.24, 2.45) is 0 Å². The average molecular weight is 326 g/mol. The number of rotatable bonds is 4. The highest BCUT2D eigenvalue weighted by Gasteiger charge is 2.14. The number of hydrogen-bond acceptors (Lipinski definition) is 3. The van der Waals surface area contributed by atoms with Crippen LogP contribution in [-0.2, 0) is 9.53 Å². The molecule has 1 N–H and O–H groups in total. The van der Waals surface area contributed by atoms with E-state index in [9.17, 15) is 18.4 Å². The van der Waals surface area contributed by atoms with E-state index in [1.165, 1.54) is 18.2 Å². The van der Waals surface area contributed by atoms with E-state index in [2.05, 4.69) is 0 Å². The molecule has 7 heteroatoms. The van der Waals surface area contributed by atoms with Gasteiger partial charge in [-0.15, -0.1) is 0 Å². The summed E-state index contributed by atoms with van der Waals surface area (Å²) in [4.78, 5) is 23.3. The maximum absolute atomic E-state index is 13.3. The molecule has 0 saturated carbocycles. The quantitative estimate of drug-likeness (QED) is 0.876. The topological polar surface area (TPSA) is 55.4 Å². The molecule has 2 aromatic rings. The van der Waals surface area contributed by atoms with Crippen LogP contribution in [0.25, 0.3) is 0 Å². The number of hydrogen-bond donors (Lipinski definition) is 1. The summed E-state index contributed by atoms with van der Waals surface area (Å²) in [6.07, 6.45) is 0. The normalized spacial score (nSPS) is 10.1. The van der Waals surface area contributed by atoms with Crippen LogP contribution in [0.2, 0.25) is 5.02 Å². The van der Waals surface area contributed by atoms with Crippen LogP contribution >= 0.6 is 11.6 Å². The minimum absolute atomic E-state index is 0.164. The molecule has 0 aliphatic rings. The Morgan fingerprint density at radius 1 is 1.09 bits per heavy atom. The van der Waals surface area contributed by atoms with Gasteiger partial charge in [0.05, 0.1) is 5.56 Å². The number of esters is 1. The molecule has 0 radical (unpaired) electrons. The first kappa shape index (κ1) is 15.9. The first-order chi connectivity index (χ1) is 10.5. The summed E-state index contributed by atoms with van der Waals surface area (Å²) in [5.74, 6) is -3.48. The van der Waals surface area contributed by atoms with Crippen LogP contribution in [0.4, 0.5) is 14.5 Å². The first-order valence-corrected chi connectivity index (χ1v) is 6.51. The van der Waals surface area contributed by atoms with Gasteiger partial charge in [0.25, 0.3) is 5.91 Å². The van der Waals surface area contributed by atoms with E-state index < -0.39 is 35.8 Å². The molecule has 114 valence electrons. The Morgan fingerprint density at radius 3 is 2.36 bits per heavy atom. The summed E-state index contributed by atoms with van der Waals surface area (Å²) in [7, 11) is 0. The second kappa shape index (κ2) is 7.00. The number of ether oxygens (including phenoxy) is 1. The number of anilines is 1. The largest absolute Gasteiger partial charge is 0.452 e. The summed E-state index contributed by atoms with van der Waals surface area (Å²) in [6, 6.07) is 9.12. The van der Waals surface area contributed by atoms with Crippen molar-refractivity contribution in [1.29, 1.82) is 0 Å². The molecule has 1 amide bonds. The van der Waals surface area contributed by atoms with Gasteiger partial charge in [0.2, 0.25) is 0 Å². The third-order valence-electron chi connectivity index (χ3n) is 2.62. The third kappa shape index (κ3) is 4.02. The third-order valence-corrected chi connectivity index (χ3v) is 2.86. The van der Waals surface area contributed by atoms with Crippen molar-refractivity contribution in [2.75, 3.05) is 11.9 Å². The zero-order valence-corrected chi connectivity index (χ0v) is 11.9. The minimum Gasteiger partial charge on any atom is -0.452 e. The number of carbonyl (C=O) groups excluding carboxylic acids is 2. The van der Waals surface area contributed by atoms with Crippen LogP contribution in [0.15, 0.2) is 42.5 Å². The molecule has 0 unspecified atom stereocenters. The Morgan fingerprint density at radius 2 is 1.73 bits per heavy atom. The second-order valence-electron chi connectivity index (χ2n) is 4.23. The molecular weight excluding hydrogens is 316 g/mol. The number of para-hydroxylation sites is 1. The van der Waals surface area contributed by atoms with Gasteiger partial charge in [-0.3, -0.25) is 4.79 Å². The zero-order valence-electron chi connectivity index (χ0n) is 11.1. The van der Waals surface area contributed by atoms with Crippen LogP contribution in [-0.4, -0.2) is 18.5 Å². The number of amides is 1. The molecule has 0 saturated heterocycles. The lowest BCUT2D eigenvalue weighted by Gasteiger charge is -2.08. The number of nitrogens with one attached hydrogen (secondary N) is 1. The standard InChI is InChI=1S/C15H10ClF2NO3/c16-10-4-1-3-9(7-10)15(21)22-8-13(20)19-14-11(17)5-2-6-12(14)18/h1-7H,8H2,(H,19,20). The maximum Gasteiger partial charge on any atom is 0.338 e. The Labute approximate surface area is 129 Å². The second-order valence-corrected chi connectivity index (χ2v) is 4.67. The van der Waals surface area contributed by atoms with Gasteiger partial charge in [-0.1, -0.05) is 23.7 Å². The lowest BCUT2D eigenvalue weighted by Crippen LogP contribution is -2.22. The Bertz CT molecular complexity index is 701. The van der Waals surface area contributed by atoms with Gasteiger partial charge < -0.3 is 10.1 Å². The fourth-order valence-electron chi connectivity index (χ4n) is 1.62. The van der Waals surface area contributed by atoms with E-state index in [1.807, 2.05) is 5.32 Å². The fraction of sp³-hybridized carbons (Fsp3) is 0.0667. The molecular formula is C15H10ClF2NO3. The lowest BCUT2D eigenvalue weighted by molar-refractivity contribution is -0.119. The summed E-state index contributed by atoms with van der Waals surface area (Å²) in [5.41, 5.74) is -0.427. The molecule has 2 rings (SSSR count). The van der Waals surface area contributed by atoms with Crippen LogP contribution in [0.1, 0.15) is 10.4 Å². The highest BCUT2D eigenvalue weighted by atomic mass is 35.5. The van der Waals surface area contributed by atoms with E-state index in [-0.39, 0.29) is 5.56 Å². The van der Waals surface area contributed by atoms with Crippen molar-refractivity contribution in [3.63, 3.8) is 0 Å².